The van der Waals surface area contributed by atoms with Crippen molar-refractivity contribution >= 4 is 26.4 Å². The molecule has 0 N–H and O–H groups in total. The molecule has 0 unspecified atom stereocenters. The first-order chi connectivity index (χ1) is 7.29. The van der Waals surface area contributed by atoms with Crippen LogP contribution in [-0.4, -0.2) is 10.5 Å². The lowest BCUT2D eigenvalue weighted by molar-refractivity contribution is 0.336. The standard InChI is InChI=1S/C13H18BrOSi/c1-8-6-11(14)10(7-15-16)9(2)12(8)13(3,4)5/h6H,7H2,1-5H3. The lowest BCUT2D eigenvalue weighted by atomic mass is 9.80. The molecular formula is C13H18BrOSi. The fourth-order valence-corrected chi connectivity index (χ4v) is 3.28. The molecule has 1 aromatic carbocycles. The second-order valence-electron chi connectivity index (χ2n) is 5.19. The smallest absolute Gasteiger partial charge is 0.246 e. The van der Waals surface area contributed by atoms with Crippen LogP contribution >= 0.6 is 15.9 Å². The second kappa shape index (κ2) is 5.03. The molecule has 0 atom stereocenters. The van der Waals surface area contributed by atoms with Crippen LogP contribution in [-0.2, 0) is 16.4 Å². The van der Waals surface area contributed by atoms with Crippen LogP contribution in [0, 0.1) is 13.8 Å². The number of hydrogen-bond acceptors (Lipinski definition) is 1. The van der Waals surface area contributed by atoms with Crippen LogP contribution in [0.3, 0.4) is 0 Å². The van der Waals surface area contributed by atoms with Gasteiger partial charge in [-0.1, -0.05) is 36.7 Å². The van der Waals surface area contributed by atoms with Crippen molar-refractivity contribution in [3.05, 3.63) is 32.8 Å². The van der Waals surface area contributed by atoms with E-state index in [2.05, 4.69) is 67.1 Å². The Labute approximate surface area is 110 Å². The van der Waals surface area contributed by atoms with Crippen molar-refractivity contribution in [3.8, 4) is 0 Å². The molecule has 0 heterocycles. The lowest BCUT2D eigenvalue weighted by Gasteiger charge is -2.26. The van der Waals surface area contributed by atoms with Crippen molar-refractivity contribution in [1.29, 1.82) is 0 Å². The predicted octanol–water partition coefficient (Wildman–Crippen LogP) is 3.96. The first-order valence-electron chi connectivity index (χ1n) is 5.36. The zero-order valence-corrected chi connectivity index (χ0v) is 13.2. The van der Waals surface area contributed by atoms with Crippen molar-refractivity contribution < 1.29 is 4.43 Å². The molecule has 0 spiro atoms. The molecule has 0 saturated carbocycles. The zero-order valence-electron chi connectivity index (χ0n) is 10.6. The highest BCUT2D eigenvalue weighted by Crippen LogP contribution is 2.34. The lowest BCUT2D eigenvalue weighted by Crippen LogP contribution is -2.17. The van der Waals surface area contributed by atoms with Crippen molar-refractivity contribution in [3.63, 3.8) is 0 Å². The number of hydrogen-bond donors (Lipinski definition) is 0. The fraction of sp³-hybridized carbons (Fsp3) is 0.538. The molecular weight excluding hydrogens is 280 g/mol. The highest BCUT2D eigenvalue weighted by molar-refractivity contribution is 9.10. The Morgan fingerprint density at radius 1 is 1.31 bits per heavy atom. The van der Waals surface area contributed by atoms with Gasteiger partial charge in [0.15, 0.2) is 0 Å². The van der Waals surface area contributed by atoms with Gasteiger partial charge in [-0.2, -0.15) is 0 Å². The normalized spacial score (nSPS) is 11.9. The van der Waals surface area contributed by atoms with E-state index in [-0.39, 0.29) is 5.41 Å². The number of benzene rings is 1. The summed E-state index contributed by atoms with van der Waals surface area (Å²) in [4.78, 5) is 0. The molecule has 0 aliphatic rings. The maximum atomic E-state index is 5.07. The first-order valence-corrected chi connectivity index (χ1v) is 6.56. The Balaban J connectivity index is 3.45. The van der Waals surface area contributed by atoms with Gasteiger partial charge in [0, 0.05) is 4.47 Å². The maximum Gasteiger partial charge on any atom is 0.246 e. The van der Waals surface area contributed by atoms with Gasteiger partial charge in [0.05, 0.1) is 6.61 Å². The van der Waals surface area contributed by atoms with Crippen molar-refractivity contribution in [2.24, 2.45) is 0 Å². The molecule has 87 valence electrons. The van der Waals surface area contributed by atoms with Crippen LogP contribution in [0.5, 0.6) is 0 Å². The molecule has 0 aromatic heterocycles. The van der Waals surface area contributed by atoms with E-state index in [0.29, 0.717) is 6.61 Å². The summed E-state index contributed by atoms with van der Waals surface area (Å²) in [5.74, 6) is 0. The van der Waals surface area contributed by atoms with Gasteiger partial charge in [-0.3, -0.25) is 0 Å². The van der Waals surface area contributed by atoms with E-state index in [4.69, 9.17) is 4.43 Å². The zero-order chi connectivity index (χ0) is 12.5. The van der Waals surface area contributed by atoms with E-state index in [1.54, 1.807) is 0 Å². The largest absolute Gasteiger partial charge is 0.414 e. The molecule has 0 bridgehead atoms. The van der Waals surface area contributed by atoms with E-state index in [1.165, 1.54) is 22.3 Å². The molecule has 3 radical (unpaired) electrons. The Kier molecular flexibility index (Phi) is 4.38. The molecule has 0 aliphatic heterocycles. The van der Waals surface area contributed by atoms with Crippen LogP contribution in [0.4, 0.5) is 0 Å². The molecule has 3 heteroatoms. The van der Waals surface area contributed by atoms with Gasteiger partial charge in [0.2, 0.25) is 10.5 Å². The molecule has 16 heavy (non-hydrogen) atoms. The minimum Gasteiger partial charge on any atom is -0.414 e. The summed E-state index contributed by atoms with van der Waals surface area (Å²) in [6.45, 7) is 11.6. The quantitative estimate of drug-likeness (QED) is 0.751. The van der Waals surface area contributed by atoms with Gasteiger partial charge >= 0.3 is 0 Å². The summed E-state index contributed by atoms with van der Waals surface area (Å²) in [6.07, 6.45) is 0. The summed E-state index contributed by atoms with van der Waals surface area (Å²) < 4.78 is 6.19. The predicted molar refractivity (Wildman–Crippen MR) is 72.9 cm³/mol. The van der Waals surface area contributed by atoms with E-state index in [1.807, 2.05) is 0 Å². The molecule has 0 amide bonds. The Morgan fingerprint density at radius 3 is 2.31 bits per heavy atom. The maximum absolute atomic E-state index is 5.07. The highest BCUT2D eigenvalue weighted by atomic mass is 79.9. The Bertz CT molecular complexity index is 394. The number of aryl methyl sites for hydroxylation is 1. The summed E-state index contributed by atoms with van der Waals surface area (Å²) >= 11 is 3.60. The number of halogens is 1. The molecule has 0 fully saturated rings. The van der Waals surface area contributed by atoms with Crippen molar-refractivity contribution in [2.45, 2.75) is 46.6 Å². The van der Waals surface area contributed by atoms with Crippen molar-refractivity contribution in [1.82, 2.24) is 0 Å². The van der Waals surface area contributed by atoms with Gasteiger partial charge in [0.1, 0.15) is 0 Å². The minimum absolute atomic E-state index is 0.162. The van der Waals surface area contributed by atoms with Gasteiger partial charge < -0.3 is 4.43 Å². The summed E-state index contributed by atoms with van der Waals surface area (Å²) in [5.41, 5.74) is 5.43. The monoisotopic (exact) mass is 297 g/mol. The Hall–Kier alpha value is -0.123. The van der Waals surface area contributed by atoms with E-state index in [0.717, 1.165) is 4.47 Å². The molecule has 1 aromatic rings. The summed E-state index contributed by atoms with van der Waals surface area (Å²) in [7, 11) is 3.07. The number of rotatable bonds is 2. The van der Waals surface area contributed by atoms with Crippen LogP contribution in [0.25, 0.3) is 0 Å². The van der Waals surface area contributed by atoms with E-state index >= 15 is 0 Å². The highest BCUT2D eigenvalue weighted by Gasteiger charge is 2.21. The minimum atomic E-state index is 0.162. The van der Waals surface area contributed by atoms with Crippen LogP contribution in [0.1, 0.15) is 43.0 Å². The third kappa shape index (κ3) is 2.76. The van der Waals surface area contributed by atoms with Crippen molar-refractivity contribution in [2.75, 3.05) is 0 Å². The van der Waals surface area contributed by atoms with Gasteiger partial charge in [0.25, 0.3) is 0 Å². The molecule has 1 rings (SSSR count). The molecule has 0 aliphatic carbocycles. The van der Waals surface area contributed by atoms with E-state index < -0.39 is 0 Å². The van der Waals surface area contributed by atoms with Gasteiger partial charge in [-0.15, -0.1) is 0 Å². The summed E-state index contributed by atoms with van der Waals surface area (Å²) in [5, 5.41) is 0. The third-order valence-electron chi connectivity index (χ3n) is 2.82. The van der Waals surface area contributed by atoms with E-state index in [9.17, 15) is 0 Å². The van der Waals surface area contributed by atoms with Crippen LogP contribution in [0.2, 0.25) is 0 Å². The van der Waals surface area contributed by atoms with Crippen LogP contribution < -0.4 is 0 Å². The topological polar surface area (TPSA) is 9.23 Å². The van der Waals surface area contributed by atoms with Gasteiger partial charge in [-0.25, -0.2) is 0 Å². The second-order valence-corrected chi connectivity index (χ2v) is 6.34. The average Bonchev–Trinajstić information content (AvgIpc) is 2.09. The fourth-order valence-electron chi connectivity index (χ4n) is 2.38. The Morgan fingerprint density at radius 2 is 1.88 bits per heavy atom. The third-order valence-corrected chi connectivity index (χ3v) is 3.67. The summed E-state index contributed by atoms with van der Waals surface area (Å²) in [6, 6.07) is 2.17. The average molecular weight is 298 g/mol. The molecule has 1 nitrogen and oxygen atoms in total. The first kappa shape index (κ1) is 13.9. The SMILES string of the molecule is Cc1cc(Br)c(CO[Si])c(C)c1C(C)(C)C. The molecule has 0 saturated heterocycles. The van der Waals surface area contributed by atoms with Crippen LogP contribution in [0.15, 0.2) is 10.5 Å². The van der Waals surface area contributed by atoms with Gasteiger partial charge in [-0.05, 0) is 47.6 Å².